The van der Waals surface area contributed by atoms with Gasteiger partial charge in [-0.15, -0.1) is 0 Å². The van der Waals surface area contributed by atoms with Crippen LogP contribution in [0, 0.1) is 17.0 Å². The highest BCUT2D eigenvalue weighted by atomic mass is 35.5. The summed E-state index contributed by atoms with van der Waals surface area (Å²) >= 11 is 12.3. The third kappa shape index (κ3) is 9.54. The average Bonchev–Trinajstić information content (AvgIpc) is 3.53. The summed E-state index contributed by atoms with van der Waals surface area (Å²) in [5.74, 6) is -3.96. The zero-order valence-corrected chi connectivity index (χ0v) is 29.6. The number of carboxylic acids is 1. The van der Waals surface area contributed by atoms with Crippen LogP contribution in [-0.4, -0.2) is 75.4 Å². The molecule has 1 amide bonds. The molecule has 0 aliphatic carbocycles. The van der Waals surface area contributed by atoms with Crippen LogP contribution in [0.15, 0.2) is 48.7 Å². The van der Waals surface area contributed by atoms with E-state index in [0.29, 0.717) is 6.42 Å². The largest absolute Gasteiger partial charge is 0.480 e. The molecule has 11 nitrogen and oxygen atoms in total. The van der Waals surface area contributed by atoms with Crippen molar-refractivity contribution in [1.29, 1.82) is 0 Å². The Kier molecular flexibility index (Phi) is 12.1. The zero-order valence-electron chi connectivity index (χ0n) is 28.1. The molecule has 2 heterocycles. The van der Waals surface area contributed by atoms with Crippen molar-refractivity contribution >= 4 is 40.9 Å². The first-order valence-corrected chi connectivity index (χ1v) is 16.6. The zero-order chi connectivity index (χ0) is 36.3. The lowest BCUT2D eigenvalue weighted by Gasteiger charge is -2.40. The fourth-order valence-corrected chi connectivity index (χ4v) is 6.63. The van der Waals surface area contributed by atoms with Crippen LogP contribution in [0.5, 0.6) is 0 Å². The van der Waals surface area contributed by atoms with Gasteiger partial charge in [-0.05, 0) is 49.4 Å². The van der Waals surface area contributed by atoms with Crippen LogP contribution in [0.3, 0.4) is 0 Å². The van der Waals surface area contributed by atoms with Crippen LogP contribution in [0.2, 0.25) is 10.0 Å². The van der Waals surface area contributed by atoms with Crippen molar-refractivity contribution in [2.24, 2.45) is 11.1 Å². The van der Waals surface area contributed by atoms with Crippen molar-refractivity contribution in [3.63, 3.8) is 0 Å². The van der Waals surface area contributed by atoms with Crippen LogP contribution in [-0.2, 0) is 26.4 Å². The summed E-state index contributed by atoms with van der Waals surface area (Å²) in [6, 6.07) is 8.34. The van der Waals surface area contributed by atoms with Crippen LogP contribution in [0.25, 0.3) is 0 Å². The third-order valence-corrected chi connectivity index (χ3v) is 8.90. The lowest BCUT2D eigenvalue weighted by molar-refractivity contribution is -0.136. The quantitative estimate of drug-likeness (QED) is 0.139. The Balaban J connectivity index is 1.61. The Labute approximate surface area is 294 Å². The number of carbonyl (C=O) groups is 2. The molecule has 3 aromatic rings. The number of nitrogens with one attached hydrogen (secondary N) is 3. The SMILES string of the molecule is CC(C)(C)C[C@@H]1N[C@@H](C(=O)Nc2ccn(CC(C)(C)OC[C@@H](O)CNCC(=O)O)n2)[C@H](c2cccc(Cl)c2F)[C@@]1(N)c1ccc(Cl)cc1F. The van der Waals surface area contributed by atoms with E-state index in [9.17, 15) is 14.7 Å². The summed E-state index contributed by atoms with van der Waals surface area (Å²) in [7, 11) is 0. The first-order valence-electron chi connectivity index (χ1n) is 15.8. The molecule has 1 aromatic heterocycles. The highest BCUT2D eigenvalue weighted by molar-refractivity contribution is 6.31. The van der Waals surface area contributed by atoms with Gasteiger partial charge in [-0.2, -0.15) is 5.10 Å². The number of anilines is 1. The van der Waals surface area contributed by atoms with Gasteiger partial charge >= 0.3 is 5.97 Å². The second-order valence-corrected chi connectivity index (χ2v) is 15.1. The highest BCUT2D eigenvalue weighted by Crippen LogP contribution is 2.50. The molecule has 1 saturated heterocycles. The molecule has 5 atom stereocenters. The molecular weight excluding hydrogens is 681 g/mol. The number of carbonyl (C=O) groups excluding carboxylic acids is 1. The van der Waals surface area contributed by atoms with Gasteiger partial charge in [0.15, 0.2) is 5.82 Å². The monoisotopic (exact) mass is 724 g/mol. The van der Waals surface area contributed by atoms with E-state index in [1.807, 2.05) is 20.8 Å². The smallest absolute Gasteiger partial charge is 0.317 e. The first-order chi connectivity index (χ1) is 22.8. The van der Waals surface area contributed by atoms with Gasteiger partial charge in [0, 0.05) is 41.4 Å². The molecule has 1 aliphatic rings. The van der Waals surface area contributed by atoms with Gasteiger partial charge in [-0.25, -0.2) is 8.78 Å². The first kappa shape index (κ1) is 38.6. The third-order valence-electron chi connectivity index (χ3n) is 8.38. The summed E-state index contributed by atoms with van der Waals surface area (Å²) in [6.07, 6.45) is 1.11. The van der Waals surface area contributed by atoms with E-state index in [1.165, 1.54) is 24.3 Å². The van der Waals surface area contributed by atoms with E-state index in [2.05, 4.69) is 21.0 Å². The number of nitrogens with zero attached hydrogens (tertiary/aromatic N) is 2. The number of hydrogen-bond acceptors (Lipinski definition) is 8. The van der Waals surface area contributed by atoms with Crippen molar-refractivity contribution in [3.05, 3.63) is 81.5 Å². The Morgan fingerprint density at radius 1 is 1.16 bits per heavy atom. The minimum Gasteiger partial charge on any atom is -0.480 e. The molecule has 1 aliphatic heterocycles. The van der Waals surface area contributed by atoms with E-state index >= 15 is 8.78 Å². The Morgan fingerprint density at radius 2 is 1.88 bits per heavy atom. The summed E-state index contributed by atoms with van der Waals surface area (Å²) in [6.45, 7) is 9.51. The number of aromatic nitrogens is 2. The van der Waals surface area contributed by atoms with Crippen molar-refractivity contribution < 1.29 is 33.3 Å². The van der Waals surface area contributed by atoms with Crippen molar-refractivity contribution in [2.45, 2.75) is 82.8 Å². The summed E-state index contributed by atoms with van der Waals surface area (Å²) in [5.41, 5.74) is 4.63. The molecule has 15 heteroatoms. The fraction of sp³-hybridized carbons (Fsp3) is 0.500. The molecule has 0 saturated carbocycles. The second-order valence-electron chi connectivity index (χ2n) is 14.3. The van der Waals surface area contributed by atoms with Gasteiger partial charge in [-0.1, -0.05) is 62.2 Å². The molecular formula is C34H44Cl2F2N6O5. The van der Waals surface area contributed by atoms with Gasteiger partial charge in [0.2, 0.25) is 5.91 Å². The van der Waals surface area contributed by atoms with Gasteiger partial charge < -0.3 is 36.6 Å². The number of rotatable bonds is 14. The number of nitrogens with two attached hydrogens (primary N) is 1. The normalized spacial score (nSPS) is 21.9. The second kappa shape index (κ2) is 15.4. The number of ether oxygens (including phenoxy) is 1. The van der Waals surface area contributed by atoms with Gasteiger partial charge in [-0.3, -0.25) is 14.3 Å². The van der Waals surface area contributed by atoms with E-state index in [1.54, 1.807) is 36.9 Å². The lowest BCUT2D eigenvalue weighted by Crippen LogP contribution is -2.52. The summed E-state index contributed by atoms with van der Waals surface area (Å²) in [5, 5.41) is 32.1. The van der Waals surface area contributed by atoms with E-state index in [-0.39, 0.29) is 58.6 Å². The Morgan fingerprint density at radius 3 is 2.53 bits per heavy atom. The van der Waals surface area contributed by atoms with Crippen molar-refractivity contribution in [1.82, 2.24) is 20.4 Å². The minimum atomic E-state index is -1.62. The van der Waals surface area contributed by atoms with Crippen molar-refractivity contribution in [3.8, 4) is 0 Å². The summed E-state index contributed by atoms with van der Waals surface area (Å²) in [4.78, 5) is 24.8. The van der Waals surface area contributed by atoms with Crippen LogP contribution >= 0.6 is 23.2 Å². The number of amides is 1. The standard InChI is InChI=1S/C34H44Cl2F2N6O5/c1-32(2,3)14-25-34(39,22-10-9-19(35)13-24(22)37)28(21-7-6-8-23(36)29(21)38)30(41-25)31(48)42-26-11-12-44(43-26)18-33(4,5)49-17-20(45)15-40-16-27(46)47/h6-13,20,25,28,30,40-41,45H,14-18,39H2,1-5H3,(H,46,47)(H,42,43,48)/t20-,25-,28-,30+,34+/m0/s1. The van der Waals surface area contributed by atoms with E-state index < -0.39 is 58.8 Å². The minimum absolute atomic E-state index is 0.0426. The van der Waals surface area contributed by atoms with Gasteiger partial charge in [0.1, 0.15) is 11.6 Å². The number of aliphatic hydroxyl groups is 1. The Bertz CT molecular complexity index is 1650. The van der Waals surface area contributed by atoms with E-state index in [4.69, 9.17) is 38.8 Å². The van der Waals surface area contributed by atoms with Gasteiger partial charge in [0.05, 0.1) is 48.0 Å². The van der Waals surface area contributed by atoms with Crippen molar-refractivity contribution in [2.75, 3.05) is 25.0 Å². The Hall–Kier alpha value is -3.17. The number of aliphatic carboxylic acids is 1. The number of hydrogen-bond donors (Lipinski definition) is 6. The van der Waals surface area contributed by atoms with Crippen LogP contribution in [0.1, 0.15) is 58.1 Å². The molecule has 7 N–H and O–H groups in total. The highest BCUT2D eigenvalue weighted by Gasteiger charge is 2.58. The fourth-order valence-electron chi connectivity index (χ4n) is 6.29. The molecule has 0 radical (unpaired) electrons. The molecule has 0 spiro atoms. The van der Waals surface area contributed by atoms with E-state index in [0.717, 1.165) is 6.07 Å². The molecule has 1 fully saturated rings. The predicted octanol–water partition coefficient (Wildman–Crippen LogP) is 4.65. The molecule has 49 heavy (non-hydrogen) atoms. The molecule has 2 aromatic carbocycles. The molecule has 0 unspecified atom stereocenters. The van der Waals surface area contributed by atoms with Crippen LogP contribution in [0.4, 0.5) is 14.6 Å². The molecule has 268 valence electrons. The summed E-state index contributed by atoms with van der Waals surface area (Å²) < 4.78 is 39.0. The number of benzene rings is 2. The number of halogens is 4. The van der Waals surface area contributed by atoms with Crippen LogP contribution < -0.4 is 21.7 Å². The molecule has 4 rings (SSSR count). The number of carboxylic acid groups (broad SMARTS) is 1. The average molecular weight is 726 g/mol. The maximum absolute atomic E-state index is 15.8. The molecule has 0 bridgehead atoms. The maximum Gasteiger partial charge on any atom is 0.317 e. The number of aliphatic hydroxyl groups excluding tert-OH is 1. The lowest BCUT2D eigenvalue weighted by atomic mass is 9.68. The maximum atomic E-state index is 15.8. The predicted molar refractivity (Wildman–Crippen MR) is 184 cm³/mol. The van der Waals surface area contributed by atoms with Gasteiger partial charge in [0.25, 0.3) is 0 Å². The topological polar surface area (TPSA) is 164 Å².